The number of aryl methyl sites for hydroxylation is 1. The van der Waals surface area contributed by atoms with Gasteiger partial charge in [-0.25, -0.2) is 0 Å². The van der Waals surface area contributed by atoms with E-state index in [4.69, 9.17) is 0 Å². The molecule has 0 saturated heterocycles. The molecule has 1 unspecified atom stereocenters. The van der Waals surface area contributed by atoms with E-state index in [0.29, 0.717) is 0 Å². The lowest BCUT2D eigenvalue weighted by atomic mass is 9.91. The third-order valence-electron chi connectivity index (χ3n) is 2.22. The van der Waals surface area contributed by atoms with Crippen LogP contribution >= 0.6 is 0 Å². The standard InChI is InChI=1S/C9H11NO/c11-9-3-1-2-7-6-10-5-4-8(7)9/h4-6,9,11H,1-3H2. The molecular formula is C9H11NO. The van der Waals surface area contributed by atoms with Crippen molar-refractivity contribution in [3.05, 3.63) is 29.6 Å². The maximum absolute atomic E-state index is 9.53. The molecule has 1 aromatic heterocycles. The van der Waals surface area contributed by atoms with Gasteiger partial charge in [0.05, 0.1) is 6.10 Å². The molecule has 1 aliphatic carbocycles. The zero-order valence-electron chi connectivity index (χ0n) is 6.33. The highest BCUT2D eigenvalue weighted by Gasteiger charge is 2.16. The average Bonchev–Trinajstić information content (AvgIpc) is 2.06. The van der Waals surface area contributed by atoms with Gasteiger partial charge in [-0.15, -0.1) is 0 Å². The topological polar surface area (TPSA) is 33.1 Å². The molecule has 0 amide bonds. The van der Waals surface area contributed by atoms with Gasteiger partial charge in [-0.2, -0.15) is 0 Å². The quantitative estimate of drug-likeness (QED) is 0.605. The number of aromatic nitrogens is 1. The largest absolute Gasteiger partial charge is 0.388 e. The van der Waals surface area contributed by atoms with E-state index in [1.54, 1.807) is 6.20 Å². The predicted molar refractivity (Wildman–Crippen MR) is 42.1 cm³/mol. The Bertz CT molecular complexity index is 259. The lowest BCUT2D eigenvalue weighted by molar-refractivity contribution is 0.156. The van der Waals surface area contributed by atoms with Crippen LogP contribution in [-0.2, 0) is 6.42 Å². The van der Waals surface area contributed by atoms with Gasteiger partial charge >= 0.3 is 0 Å². The molecule has 58 valence electrons. The Morgan fingerprint density at radius 3 is 3.27 bits per heavy atom. The van der Waals surface area contributed by atoms with E-state index in [1.165, 1.54) is 5.56 Å². The van der Waals surface area contributed by atoms with E-state index in [-0.39, 0.29) is 6.10 Å². The highest BCUT2D eigenvalue weighted by atomic mass is 16.3. The highest BCUT2D eigenvalue weighted by Crippen LogP contribution is 2.27. The molecule has 0 aliphatic heterocycles. The second-order valence-corrected chi connectivity index (χ2v) is 2.98. The molecule has 11 heavy (non-hydrogen) atoms. The van der Waals surface area contributed by atoms with Crippen LogP contribution in [0, 0.1) is 0 Å². The van der Waals surface area contributed by atoms with Gasteiger partial charge in [0.25, 0.3) is 0 Å². The van der Waals surface area contributed by atoms with Crippen molar-refractivity contribution in [1.82, 2.24) is 4.98 Å². The van der Waals surface area contributed by atoms with E-state index in [1.807, 2.05) is 12.3 Å². The summed E-state index contributed by atoms with van der Waals surface area (Å²) in [5.41, 5.74) is 2.29. The molecule has 0 saturated carbocycles. The molecule has 0 fully saturated rings. The van der Waals surface area contributed by atoms with Crippen LogP contribution in [0.5, 0.6) is 0 Å². The smallest absolute Gasteiger partial charge is 0.0793 e. The first-order valence-electron chi connectivity index (χ1n) is 3.99. The molecule has 0 aromatic carbocycles. The van der Waals surface area contributed by atoms with Gasteiger partial charge in [0.1, 0.15) is 0 Å². The Balaban J connectivity index is 2.44. The SMILES string of the molecule is OC1CCCc2cnccc21. The van der Waals surface area contributed by atoms with E-state index in [9.17, 15) is 5.11 Å². The maximum atomic E-state index is 9.53. The molecule has 0 bridgehead atoms. The fourth-order valence-electron chi connectivity index (χ4n) is 1.61. The van der Waals surface area contributed by atoms with Crippen LogP contribution in [0.15, 0.2) is 18.5 Å². The van der Waals surface area contributed by atoms with Gasteiger partial charge < -0.3 is 5.11 Å². The Morgan fingerprint density at radius 1 is 1.55 bits per heavy atom. The van der Waals surface area contributed by atoms with Crippen LogP contribution in [0.2, 0.25) is 0 Å². The number of fused-ring (bicyclic) bond motifs is 1. The molecule has 1 N–H and O–H groups in total. The fraction of sp³-hybridized carbons (Fsp3) is 0.444. The number of rotatable bonds is 0. The van der Waals surface area contributed by atoms with Crippen molar-refractivity contribution in [3.63, 3.8) is 0 Å². The summed E-state index contributed by atoms with van der Waals surface area (Å²) >= 11 is 0. The second-order valence-electron chi connectivity index (χ2n) is 2.98. The zero-order chi connectivity index (χ0) is 7.68. The highest BCUT2D eigenvalue weighted by molar-refractivity contribution is 5.27. The van der Waals surface area contributed by atoms with Gasteiger partial charge in [0, 0.05) is 12.4 Å². The van der Waals surface area contributed by atoms with Crippen LogP contribution in [0.4, 0.5) is 0 Å². The van der Waals surface area contributed by atoms with E-state index >= 15 is 0 Å². The summed E-state index contributed by atoms with van der Waals surface area (Å²) in [6.07, 6.45) is 6.41. The minimum Gasteiger partial charge on any atom is -0.388 e. The summed E-state index contributed by atoms with van der Waals surface area (Å²) in [7, 11) is 0. The first-order chi connectivity index (χ1) is 5.38. The van der Waals surface area contributed by atoms with Gasteiger partial charge in [-0.1, -0.05) is 0 Å². The van der Waals surface area contributed by atoms with Gasteiger partial charge in [-0.3, -0.25) is 4.98 Å². The van der Waals surface area contributed by atoms with Crippen LogP contribution < -0.4 is 0 Å². The van der Waals surface area contributed by atoms with E-state index in [2.05, 4.69) is 4.98 Å². The number of nitrogens with zero attached hydrogens (tertiary/aromatic N) is 1. The van der Waals surface area contributed by atoms with Crippen molar-refractivity contribution < 1.29 is 5.11 Å². The Kier molecular flexibility index (Phi) is 1.62. The van der Waals surface area contributed by atoms with Crippen molar-refractivity contribution in [2.45, 2.75) is 25.4 Å². The van der Waals surface area contributed by atoms with Crippen LogP contribution in [0.1, 0.15) is 30.1 Å². The van der Waals surface area contributed by atoms with Crippen molar-refractivity contribution >= 4 is 0 Å². The second kappa shape index (κ2) is 2.62. The summed E-state index contributed by atoms with van der Waals surface area (Å²) in [4.78, 5) is 4.02. The number of aliphatic hydroxyl groups is 1. The molecule has 2 heteroatoms. The normalized spacial score (nSPS) is 22.8. The van der Waals surface area contributed by atoms with Crippen LogP contribution in [0.25, 0.3) is 0 Å². The molecule has 1 heterocycles. The van der Waals surface area contributed by atoms with Crippen molar-refractivity contribution in [2.75, 3.05) is 0 Å². The number of hydrogen-bond donors (Lipinski definition) is 1. The Morgan fingerprint density at radius 2 is 2.45 bits per heavy atom. The summed E-state index contributed by atoms with van der Waals surface area (Å²) in [6, 6.07) is 1.92. The fourth-order valence-corrected chi connectivity index (χ4v) is 1.61. The van der Waals surface area contributed by atoms with E-state index < -0.39 is 0 Å². The predicted octanol–water partition coefficient (Wildman–Crippen LogP) is 1.45. The summed E-state index contributed by atoms with van der Waals surface area (Å²) in [6.45, 7) is 0. The minimum absolute atomic E-state index is 0.248. The van der Waals surface area contributed by atoms with Crippen LogP contribution in [0.3, 0.4) is 0 Å². The maximum Gasteiger partial charge on any atom is 0.0793 e. The van der Waals surface area contributed by atoms with Gasteiger partial charge in [0.15, 0.2) is 0 Å². The summed E-state index contributed by atoms with van der Waals surface area (Å²) < 4.78 is 0. The minimum atomic E-state index is -0.248. The molecular weight excluding hydrogens is 138 g/mol. The molecule has 1 aliphatic rings. The molecule has 2 rings (SSSR count). The zero-order valence-corrected chi connectivity index (χ0v) is 6.33. The molecule has 2 nitrogen and oxygen atoms in total. The van der Waals surface area contributed by atoms with Crippen molar-refractivity contribution in [1.29, 1.82) is 0 Å². The molecule has 1 aromatic rings. The van der Waals surface area contributed by atoms with Crippen molar-refractivity contribution in [2.24, 2.45) is 0 Å². The molecule has 1 atom stereocenters. The summed E-state index contributed by atoms with van der Waals surface area (Å²) in [5.74, 6) is 0. The lowest BCUT2D eigenvalue weighted by Crippen LogP contribution is -2.08. The third-order valence-corrected chi connectivity index (χ3v) is 2.22. The molecule has 0 spiro atoms. The number of hydrogen-bond acceptors (Lipinski definition) is 2. The van der Waals surface area contributed by atoms with Crippen molar-refractivity contribution in [3.8, 4) is 0 Å². The Hall–Kier alpha value is -0.890. The van der Waals surface area contributed by atoms with Gasteiger partial charge in [-0.05, 0) is 36.5 Å². The Labute approximate surface area is 65.9 Å². The summed E-state index contributed by atoms with van der Waals surface area (Å²) in [5, 5.41) is 9.53. The lowest BCUT2D eigenvalue weighted by Gasteiger charge is -2.19. The van der Waals surface area contributed by atoms with Gasteiger partial charge in [0.2, 0.25) is 0 Å². The first kappa shape index (κ1) is 6.80. The monoisotopic (exact) mass is 149 g/mol. The number of aliphatic hydroxyl groups excluding tert-OH is 1. The third kappa shape index (κ3) is 1.14. The average molecular weight is 149 g/mol. The first-order valence-corrected chi connectivity index (χ1v) is 3.99. The van der Waals surface area contributed by atoms with E-state index in [0.717, 1.165) is 24.8 Å². The van der Waals surface area contributed by atoms with Crippen LogP contribution in [-0.4, -0.2) is 10.1 Å². The molecule has 0 radical (unpaired) electrons. The number of pyridine rings is 1.